The number of urea groups is 1. The van der Waals surface area contributed by atoms with Gasteiger partial charge in [-0.1, -0.05) is 6.07 Å². The van der Waals surface area contributed by atoms with Crippen LogP contribution in [0.5, 0.6) is 11.5 Å². The van der Waals surface area contributed by atoms with E-state index in [-0.39, 0.29) is 11.7 Å². The predicted octanol–water partition coefficient (Wildman–Crippen LogP) is 4.53. The van der Waals surface area contributed by atoms with Crippen molar-refractivity contribution in [3.63, 3.8) is 0 Å². The second kappa shape index (κ2) is 8.93. The Kier molecular flexibility index (Phi) is 6.50. The summed E-state index contributed by atoms with van der Waals surface area (Å²) in [6.45, 7) is 7.53. The van der Waals surface area contributed by atoms with Crippen molar-refractivity contribution >= 4 is 45.5 Å². The molecule has 3 rings (SSSR count). The second-order valence-corrected chi connectivity index (χ2v) is 8.36. The van der Waals surface area contributed by atoms with E-state index in [4.69, 9.17) is 9.47 Å². The molecule has 0 radical (unpaired) electrons. The average Bonchev–Trinajstić information content (AvgIpc) is 2.65. The van der Waals surface area contributed by atoms with Crippen LogP contribution in [0.3, 0.4) is 0 Å². The van der Waals surface area contributed by atoms with Crippen LogP contribution >= 0.6 is 15.9 Å². The fourth-order valence-corrected chi connectivity index (χ4v) is 3.86. The summed E-state index contributed by atoms with van der Waals surface area (Å²) in [5.74, 6) is -0.489. The van der Waals surface area contributed by atoms with Crippen molar-refractivity contribution in [2.24, 2.45) is 0 Å². The number of amides is 4. The van der Waals surface area contributed by atoms with E-state index in [0.29, 0.717) is 27.2 Å². The predicted molar refractivity (Wildman–Crippen MR) is 121 cm³/mol. The lowest BCUT2D eigenvalue weighted by Crippen LogP contribution is -2.54. The van der Waals surface area contributed by atoms with E-state index in [1.54, 1.807) is 24.3 Å². The molecule has 2 aromatic carbocycles. The van der Waals surface area contributed by atoms with Gasteiger partial charge < -0.3 is 9.47 Å². The molecule has 0 bridgehead atoms. The molecular formula is C23H23BrN2O5. The standard InChI is InChI=1S/C23H23BrN2O5/c1-12(2)31-20-18(24)10-15(11-19(20)30-5)9-17-21(27)25-23(29)26(22(17)28)16-7-13(3)6-14(4)8-16/h6-12H,1-5H3,(H,25,27,29). The Bertz CT molecular complexity index is 1090. The molecule has 1 heterocycles. The summed E-state index contributed by atoms with van der Waals surface area (Å²) in [5, 5.41) is 2.24. The molecule has 8 heteroatoms. The summed E-state index contributed by atoms with van der Waals surface area (Å²) in [4.78, 5) is 39.0. The molecule has 0 saturated carbocycles. The number of hydrogen-bond donors (Lipinski definition) is 1. The fraction of sp³-hybridized carbons (Fsp3) is 0.261. The van der Waals surface area contributed by atoms with Crippen molar-refractivity contribution in [1.82, 2.24) is 5.32 Å². The van der Waals surface area contributed by atoms with Gasteiger partial charge in [0.05, 0.1) is 23.4 Å². The lowest BCUT2D eigenvalue weighted by atomic mass is 10.0. The Morgan fingerprint density at radius 1 is 1.03 bits per heavy atom. The molecule has 1 aliphatic heterocycles. The summed E-state index contributed by atoms with van der Waals surface area (Å²) >= 11 is 3.45. The first-order valence-corrected chi connectivity index (χ1v) is 10.4. The van der Waals surface area contributed by atoms with Gasteiger partial charge in [0.1, 0.15) is 5.57 Å². The zero-order chi connectivity index (χ0) is 22.9. The number of hydrogen-bond acceptors (Lipinski definition) is 5. The highest BCUT2D eigenvalue weighted by atomic mass is 79.9. The molecule has 1 saturated heterocycles. The Labute approximate surface area is 189 Å². The van der Waals surface area contributed by atoms with E-state index in [2.05, 4.69) is 21.2 Å². The van der Waals surface area contributed by atoms with Gasteiger partial charge in [0, 0.05) is 0 Å². The Morgan fingerprint density at radius 2 is 1.68 bits per heavy atom. The monoisotopic (exact) mass is 486 g/mol. The van der Waals surface area contributed by atoms with Crippen molar-refractivity contribution in [2.45, 2.75) is 33.8 Å². The van der Waals surface area contributed by atoms with E-state index in [0.717, 1.165) is 16.0 Å². The Morgan fingerprint density at radius 3 is 2.26 bits per heavy atom. The van der Waals surface area contributed by atoms with E-state index in [1.807, 2.05) is 33.8 Å². The molecule has 4 amide bonds. The number of imide groups is 2. The molecule has 1 fully saturated rings. The van der Waals surface area contributed by atoms with Gasteiger partial charge in [0.2, 0.25) is 0 Å². The lowest BCUT2D eigenvalue weighted by molar-refractivity contribution is -0.122. The number of methoxy groups -OCH3 is 1. The highest BCUT2D eigenvalue weighted by Crippen LogP contribution is 2.38. The van der Waals surface area contributed by atoms with Crippen molar-refractivity contribution in [1.29, 1.82) is 0 Å². The van der Waals surface area contributed by atoms with Crippen LogP contribution in [-0.2, 0) is 9.59 Å². The summed E-state index contributed by atoms with van der Waals surface area (Å²) in [6, 6.07) is 7.96. The SMILES string of the molecule is COc1cc(C=C2C(=O)NC(=O)N(c3cc(C)cc(C)c3)C2=O)cc(Br)c1OC(C)C. The van der Waals surface area contributed by atoms with Crippen LogP contribution in [0.25, 0.3) is 6.08 Å². The van der Waals surface area contributed by atoms with Gasteiger partial charge in [-0.2, -0.15) is 0 Å². The third-order valence-corrected chi connectivity index (χ3v) is 5.07. The van der Waals surface area contributed by atoms with E-state index >= 15 is 0 Å². The molecule has 0 aromatic heterocycles. The van der Waals surface area contributed by atoms with Gasteiger partial charge in [-0.15, -0.1) is 0 Å². The number of rotatable bonds is 5. The van der Waals surface area contributed by atoms with Crippen molar-refractivity contribution in [3.8, 4) is 11.5 Å². The maximum absolute atomic E-state index is 13.1. The normalized spacial score (nSPS) is 15.5. The van der Waals surface area contributed by atoms with Crippen LogP contribution in [0.4, 0.5) is 10.5 Å². The summed E-state index contributed by atoms with van der Waals surface area (Å²) in [6.07, 6.45) is 1.35. The van der Waals surface area contributed by atoms with Crippen LogP contribution in [-0.4, -0.2) is 31.1 Å². The number of benzene rings is 2. The lowest BCUT2D eigenvalue weighted by Gasteiger charge is -2.27. The third-order valence-electron chi connectivity index (χ3n) is 4.48. The van der Waals surface area contributed by atoms with E-state index < -0.39 is 17.8 Å². The molecule has 1 aliphatic rings. The van der Waals surface area contributed by atoms with Crippen LogP contribution < -0.4 is 19.7 Å². The Hall–Kier alpha value is -3.13. The Balaban J connectivity index is 2.05. The maximum atomic E-state index is 13.1. The largest absolute Gasteiger partial charge is 0.493 e. The van der Waals surface area contributed by atoms with Gasteiger partial charge in [-0.25, -0.2) is 9.69 Å². The number of ether oxygens (including phenoxy) is 2. The maximum Gasteiger partial charge on any atom is 0.335 e. The van der Waals surface area contributed by atoms with Crippen molar-refractivity contribution < 1.29 is 23.9 Å². The van der Waals surface area contributed by atoms with Crippen LogP contribution in [0, 0.1) is 13.8 Å². The summed E-state index contributed by atoms with van der Waals surface area (Å²) < 4.78 is 11.8. The molecule has 0 aliphatic carbocycles. The number of aryl methyl sites for hydroxylation is 2. The number of anilines is 1. The minimum atomic E-state index is -0.781. The van der Waals surface area contributed by atoms with Gasteiger partial charge in [0.25, 0.3) is 11.8 Å². The molecule has 1 N–H and O–H groups in total. The number of nitrogens with one attached hydrogen (secondary N) is 1. The molecule has 0 spiro atoms. The zero-order valence-corrected chi connectivity index (χ0v) is 19.5. The molecule has 162 valence electrons. The highest BCUT2D eigenvalue weighted by molar-refractivity contribution is 9.10. The molecule has 2 aromatic rings. The van der Waals surface area contributed by atoms with Gasteiger partial charge >= 0.3 is 6.03 Å². The van der Waals surface area contributed by atoms with E-state index in [9.17, 15) is 14.4 Å². The fourth-order valence-electron chi connectivity index (χ4n) is 3.31. The topological polar surface area (TPSA) is 84.9 Å². The van der Waals surface area contributed by atoms with Crippen molar-refractivity contribution in [3.05, 3.63) is 57.1 Å². The average molecular weight is 487 g/mol. The molecule has 31 heavy (non-hydrogen) atoms. The summed E-state index contributed by atoms with van der Waals surface area (Å²) in [5.41, 5.74) is 2.57. The van der Waals surface area contributed by atoms with Gasteiger partial charge in [-0.05, 0) is 90.7 Å². The quantitative estimate of drug-likeness (QED) is 0.495. The molecule has 0 atom stereocenters. The first kappa shape index (κ1) is 22.6. The number of carbonyl (C=O) groups is 3. The highest BCUT2D eigenvalue weighted by Gasteiger charge is 2.37. The summed E-state index contributed by atoms with van der Waals surface area (Å²) in [7, 11) is 1.50. The third kappa shape index (κ3) is 4.80. The second-order valence-electron chi connectivity index (χ2n) is 7.50. The van der Waals surface area contributed by atoms with Crippen LogP contribution in [0.2, 0.25) is 0 Å². The van der Waals surface area contributed by atoms with Crippen molar-refractivity contribution in [2.75, 3.05) is 12.0 Å². The molecule has 7 nitrogen and oxygen atoms in total. The first-order valence-electron chi connectivity index (χ1n) is 9.64. The number of nitrogens with zero attached hydrogens (tertiary/aromatic N) is 1. The van der Waals surface area contributed by atoms with Crippen LogP contribution in [0.1, 0.15) is 30.5 Å². The minimum Gasteiger partial charge on any atom is -0.493 e. The number of halogens is 1. The number of carbonyl (C=O) groups excluding carboxylic acids is 3. The van der Waals surface area contributed by atoms with Gasteiger partial charge in [-0.3, -0.25) is 14.9 Å². The van der Waals surface area contributed by atoms with Gasteiger partial charge in [0.15, 0.2) is 11.5 Å². The van der Waals surface area contributed by atoms with E-state index in [1.165, 1.54) is 13.2 Å². The zero-order valence-electron chi connectivity index (χ0n) is 17.9. The smallest absolute Gasteiger partial charge is 0.335 e. The molecule has 0 unspecified atom stereocenters. The van der Waals surface area contributed by atoms with Crippen LogP contribution in [0.15, 0.2) is 40.4 Å². The number of barbiturate groups is 1. The molecular weight excluding hydrogens is 464 g/mol. The first-order chi connectivity index (χ1) is 14.6. The minimum absolute atomic E-state index is 0.0718.